The molecule has 1 fully saturated rings. The van der Waals surface area contributed by atoms with Crippen LogP contribution in [-0.4, -0.2) is 55.9 Å². The maximum Gasteiger partial charge on any atom is 0.351 e. The number of hydrogen-bond donors (Lipinski definition) is 3. The molecule has 0 bridgehead atoms. The third kappa shape index (κ3) is 6.96. The topological polar surface area (TPSA) is 147 Å². The molecule has 3 rings (SSSR count). The summed E-state index contributed by atoms with van der Waals surface area (Å²) < 4.78 is 21.9. The highest BCUT2D eigenvalue weighted by atomic mass is 35.5. The molecule has 2 aromatic rings. The van der Waals surface area contributed by atoms with Crippen molar-refractivity contribution in [3.63, 3.8) is 0 Å². The first-order valence-electron chi connectivity index (χ1n) is 10.9. The number of nitrogens with zero attached hydrogens (tertiary/aromatic N) is 2. The van der Waals surface area contributed by atoms with Gasteiger partial charge in [-0.25, -0.2) is 9.88 Å². The standard InChI is InChI=1S/C21H27Cl2N4O7PS/c1-12(2)32-18(29)13(3)26-35(36,34-14-7-5-4-6-8-14)31-11-15-17(28)21(22,23)19(33-15)27-10-9-16(24)25-20(27)30/h4-10,12-13,15,17,19,28H,11H2,1-3H3,(H,26,36)(H2,24,25,30). The summed E-state index contributed by atoms with van der Waals surface area (Å²) in [6.45, 7) is 1.25. The van der Waals surface area contributed by atoms with Gasteiger partial charge in [0.15, 0.2) is 10.6 Å². The van der Waals surface area contributed by atoms with E-state index in [9.17, 15) is 14.7 Å². The van der Waals surface area contributed by atoms with Crippen molar-refractivity contribution in [2.45, 2.75) is 55.7 Å². The quantitative estimate of drug-likeness (QED) is 0.216. The summed E-state index contributed by atoms with van der Waals surface area (Å²) >= 11 is 18.4. The summed E-state index contributed by atoms with van der Waals surface area (Å²) in [5.41, 5.74) is 4.76. The molecular formula is C21H27Cl2N4O7PS. The van der Waals surface area contributed by atoms with Crippen LogP contribution in [0.4, 0.5) is 5.82 Å². The number of carbonyl (C=O) groups excluding carboxylic acids is 1. The van der Waals surface area contributed by atoms with Crippen molar-refractivity contribution in [1.82, 2.24) is 14.6 Å². The van der Waals surface area contributed by atoms with E-state index >= 15 is 0 Å². The predicted molar refractivity (Wildman–Crippen MR) is 138 cm³/mol. The number of esters is 1. The van der Waals surface area contributed by atoms with Crippen molar-refractivity contribution < 1.29 is 28.4 Å². The van der Waals surface area contributed by atoms with E-state index in [0.717, 1.165) is 4.57 Å². The van der Waals surface area contributed by atoms with Crippen molar-refractivity contribution in [1.29, 1.82) is 0 Å². The molecule has 1 aromatic carbocycles. The van der Waals surface area contributed by atoms with Gasteiger partial charge in [-0.3, -0.25) is 9.36 Å². The van der Waals surface area contributed by atoms with Crippen LogP contribution in [0.25, 0.3) is 0 Å². The summed E-state index contributed by atoms with van der Waals surface area (Å²) in [6, 6.07) is 9.11. The average molecular weight is 581 g/mol. The second kappa shape index (κ2) is 11.7. The highest BCUT2D eigenvalue weighted by Gasteiger charge is 2.56. The van der Waals surface area contributed by atoms with E-state index in [4.69, 9.17) is 59.3 Å². The van der Waals surface area contributed by atoms with Gasteiger partial charge in [0.2, 0.25) is 0 Å². The molecule has 1 aliphatic rings. The van der Waals surface area contributed by atoms with Gasteiger partial charge in [0, 0.05) is 6.20 Å². The SMILES string of the molecule is CC(C)OC(=O)C(C)NP(=S)(OCC1OC(n2ccc(N)nc2=O)C(Cl)(Cl)C1O)Oc1ccccc1. The highest BCUT2D eigenvalue weighted by molar-refractivity contribution is 8.09. The second-order valence-electron chi connectivity index (χ2n) is 8.22. The molecule has 2 heterocycles. The van der Waals surface area contributed by atoms with Crippen molar-refractivity contribution in [2.75, 3.05) is 12.3 Å². The summed E-state index contributed by atoms with van der Waals surface area (Å²) in [5, 5.41) is 13.7. The zero-order valence-corrected chi connectivity index (χ0v) is 22.8. The highest BCUT2D eigenvalue weighted by Crippen LogP contribution is 2.49. The number of carbonyl (C=O) groups is 1. The van der Waals surface area contributed by atoms with E-state index in [1.807, 2.05) is 0 Å². The number of para-hydroxylation sites is 1. The Labute approximate surface area is 223 Å². The van der Waals surface area contributed by atoms with E-state index in [0.29, 0.717) is 5.75 Å². The summed E-state index contributed by atoms with van der Waals surface area (Å²) in [7, 11) is 0. The van der Waals surface area contributed by atoms with Crippen molar-refractivity contribution in [2.24, 2.45) is 0 Å². The Morgan fingerprint density at radius 1 is 1.33 bits per heavy atom. The van der Waals surface area contributed by atoms with Gasteiger partial charge >= 0.3 is 18.3 Å². The Morgan fingerprint density at radius 3 is 2.61 bits per heavy atom. The van der Waals surface area contributed by atoms with Crippen LogP contribution < -0.4 is 21.0 Å². The lowest BCUT2D eigenvalue weighted by Gasteiger charge is -2.28. The fourth-order valence-corrected chi connectivity index (χ4v) is 6.23. The summed E-state index contributed by atoms with van der Waals surface area (Å²) in [5.74, 6) is -0.154. The van der Waals surface area contributed by atoms with Gasteiger partial charge in [0.1, 0.15) is 29.8 Å². The van der Waals surface area contributed by atoms with E-state index < -0.39 is 47.1 Å². The number of aliphatic hydroxyl groups is 1. The van der Waals surface area contributed by atoms with E-state index in [1.54, 1.807) is 51.1 Å². The van der Waals surface area contributed by atoms with Crippen LogP contribution in [0.15, 0.2) is 47.4 Å². The number of nitrogens with two attached hydrogens (primary N) is 1. The molecule has 11 nitrogen and oxygen atoms in total. The van der Waals surface area contributed by atoms with Gasteiger partial charge in [-0.2, -0.15) is 4.98 Å². The number of benzene rings is 1. The molecule has 0 spiro atoms. The van der Waals surface area contributed by atoms with E-state index in [2.05, 4.69) is 10.1 Å². The van der Waals surface area contributed by atoms with Gasteiger partial charge in [-0.1, -0.05) is 41.4 Å². The molecule has 36 heavy (non-hydrogen) atoms. The molecule has 0 amide bonds. The first-order valence-corrected chi connectivity index (χ1v) is 14.3. The average Bonchev–Trinajstić information content (AvgIpc) is 3.01. The molecule has 198 valence electrons. The molecule has 5 unspecified atom stereocenters. The first-order chi connectivity index (χ1) is 16.8. The molecule has 0 saturated carbocycles. The number of aliphatic hydroxyl groups excluding tert-OH is 1. The Balaban J connectivity index is 1.79. The van der Waals surface area contributed by atoms with Crippen molar-refractivity contribution in [3.05, 3.63) is 53.1 Å². The van der Waals surface area contributed by atoms with Crippen LogP contribution in [0, 0.1) is 0 Å². The summed E-state index contributed by atoms with van der Waals surface area (Å²) in [4.78, 5) is 28.3. The number of anilines is 1. The number of aromatic nitrogens is 2. The maximum atomic E-state index is 12.4. The van der Waals surface area contributed by atoms with Crippen LogP contribution in [0.2, 0.25) is 0 Å². The second-order valence-corrected chi connectivity index (χ2v) is 12.8. The van der Waals surface area contributed by atoms with Gasteiger partial charge in [0.05, 0.1) is 12.7 Å². The van der Waals surface area contributed by atoms with Gasteiger partial charge < -0.3 is 29.4 Å². The van der Waals surface area contributed by atoms with Crippen LogP contribution in [0.3, 0.4) is 0 Å². The lowest BCUT2D eigenvalue weighted by molar-refractivity contribution is -0.149. The smallest absolute Gasteiger partial charge is 0.351 e. The number of nitrogen functional groups attached to an aromatic ring is 1. The number of ether oxygens (including phenoxy) is 2. The monoisotopic (exact) mass is 580 g/mol. The summed E-state index contributed by atoms with van der Waals surface area (Å²) in [6.07, 6.45) is -2.93. The van der Waals surface area contributed by atoms with Crippen LogP contribution >= 0.6 is 29.8 Å². The van der Waals surface area contributed by atoms with Crippen LogP contribution in [0.1, 0.15) is 27.0 Å². The number of nitrogens with one attached hydrogen (secondary N) is 1. The van der Waals surface area contributed by atoms with E-state index in [-0.39, 0.29) is 18.5 Å². The number of halogens is 2. The third-order valence-electron chi connectivity index (χ3n) is 4.92. The Morgan fingerprint density at radius 2 is 2.00 bits per heavy atom. The van der Waals surface area contributed by atoms with Gasteiger partial charge in [-0.05, 0) is 50.8 Å². The Hall–Kier alpha value is -1.76. The van der Waals surface area contributed by atoms with Crippen molar-refractivity contribution in [3.8, 4) is 5.75 Å². The number of alkyl halides is 2. The van der Waals surface area contributed by atoms with Crippen molar-refractivity contribution >= 4 is 53.4 Å². The molecule has 1 aliphatic heterocycles. The zero-order chi connectivity index (χ0) is 26.7. The lowest BCUT2D eigenvalue weighted by Crippen LogP contribution is -2.40. The Kier molecular flexibility index (Phi) is 9.40. The molecule has 5 atom stereocenters. The number of rotatable bonds is 10. The Bertz CT molecular complexity index is 1170. The minimum absolute atomic E-state index is 0.000590. The largest absolute Gasteiger partial charge is 0.462 e. The normalized spacial score (nSPS) is 23.7. The minimum atomic E-state index is -3.42. The van der Waals surface area contributed by atoms with Gasteiger partial charge in [-0.15, -0.1) is 0 Å². The number of hydrogen-bond acceptors (Lipinski definition) is 10. The minimum Gasteiger partial charge on any atom is -0.462 e. The lowest BCUT2D eigenvalue weighted by atomic mass is 10.2. The van der Waals surface area contributed by atoms with E-state index in [1.165, 1.54) is 12.3 Å². The fourth-order valence-electron chi connectivity index (χ4n) is 3.22. The third-order valence-corrected chi connectivity index (χ3v) is 8.24. The molecular weight excluding hydrogens is 554 g/mol. The molecule has 0 aliphatic carbocycles. The molecule has 15 heteroatoms. The van der Waals surface area contributed by atoms with Gasteiger partial charge in [0.25, 0.3) is 0 Å². The zero-order valence-electron chi connectivity index (χ0n) is 19.6. The molecule has 1 aromatic heterocycles. The fraction of sp³-hybridized carbons (Fsp3) is 0.476. The maximum absolute atomic E-state index is 12.4. The predicted octanol–water partition coefficient (Wildman–Crippen LogP) is 2.51. The van der Waals surface area contributed by atoms with Crippen LogP contribution in [0.5, 0.6) is 5.75 Å². The molecule has 1 saturated heterocycles. The van der Waals surface area contributed by atoms with Crippen LogP contribution in [-0.2, 0) is 30.6 Å². The molecule has 4 N–H and O–H groups in total. The first kappa shape index (κ1) is 28.8. The molecule has 0 radical (unpaired) electrons.